The molecule has 0 heterocycles. The molecule has 138 valence electrons. The van der Waals surface area contributed by atoms with Gasteiger partial charge in [-0.2, -0.15) is 0 Å². The summed E-state index contributed by atoms with van der Waals surface area (Å²) in [5.74, 6) is 0.0830. The van der Waals surface area contributed by atoms with E-state index in [0.29, 0.717) is 19.8 Å². The lowest BCUT2D eigenvalue weighted by Crippen LogP contribution is -2.44. The quantitative estimate of drug-likeness (QED) is 0.732. The Kier molecular flexibility index (Phi) is 5.62. The van der Waals surface area contributed by atoms with E-state index in [1.165, 1.54) is 22.3 Å². The maximum atomic E-state index is 12.3. The van der Waals surface area contributed by atoms with Crippen LogP contribution in [0.25, 0.3) is 11.1 Å². The lowest BCUT2D eigenvalue weighted by molar-refractivity contribution is 0.109. The SMILES string of the molecule is CCOCCC(C)(C)NC(=O)OCC1c2ccccc2-c2ccccc21. The standard InChI is InChI=1S/C22H27NO3/c1-4-25-14-13-22(2,3)23-21(24)26-15-20-18-11-7-5-9-16(18)17-10-6-8-12-19(17)20/h5-12,20H,4,13-15H2,1-3H3,(H,23,24). The fraction of sp³-hybridized carbons (Fsp3) is 0.409. The maximum Gasteiger partial charge on any atom is 0.407 e. The third kappa shape index (κ3) is 4.07. The van der Waals surface area contributed by atoms with Crippen molar-refractivity contribution in [1.29, 1.82) is 0 Å². The maximum absolute atomic E-state index is 12.3. The van der Waals surface area contributed by atoms with Gasteiger partial charge < -0.3 is 14.8 Å². The van der Waals surface area contributed by atoms with Crippen LogP contribution < -0.4 is 5.32 Å². The zero-order chi connectivity index (χ0) is 18.6. The number of carbonyl (C=O) groups excluding carboxylic acids is 1. The Morgan fingerprint density at radius 2 is 1.62 bits per heavy atom. The van der Waals surface area contributed by atoms with Gasteiger partial charge in [0.1, 0.15) is 6.61 Å². The van der Waals surface area contributed by atoms with Gasteiger partial charge in [-0.3, -0.25) is 0 Å². The topological polar surface area (TPSA) is 47.6 Å². The summed E-state index contributed by atoms with van der Waals surface area (Å²) in [6.45, 7) is 7.56. The van der Waals surface area contributed by atoms with Crippen LogP contribution in [-0.4, -0.2) is 31.5 Å². The molecule has 0 radical (unpaired) electrons. The van der Waals surface area contributed by atoms with Crippen LogP contribution in [0.4, 0.5) is 4.79 Å². The molecule has 4 heteroatoms. The Hall–Kier alpha value is -2.33. The number of ether oxygens (including phenoxy) is 2. The average molecular weight is 353 g/mol. The Morgan fingerprint density at radius 1 is 1.04 bits per heavy atom. The number of carbonyl (C=O) groups is 1. The molecule has 0 aliphatic heterocycles. The van der Waals surface area contributed by atoms with E-state index in [9.17, 15) is 4.79 Å². The number of hydrogen-bond acceptors (Lipinski definition) is 3. The number of alkyl carbamates (subject to hydrolysis) is 1. The van der Waals surface area contributed by atoms with Crippen molar-refractivity contribution in [3.8, 4) is 11.1 Å². The largest absolute Gasteiger partial charge is 0.449 e. The minimum Gasteiger partial charge on any atom is -0.449 e. The Labute approximate surface area is 155 Å². The molecule has 1 amide bonds. The molecule has 3 rings (SSSR count). The van der Waals surface area contributed by atoms with Crippen LogP contribution in [-0.2, 0) is 9.47 Å². The Balaban J connectivity index is 1.64. The van der Waals surface area contributed by atoms with Crippen molar-refractivity contribution in [3.63, 3.8) is 0 Å². The molecule has 0 bridgehead atoms. The molecule has 2 aromatic rings. The second kappa shape index (κ2) is 7.92. The van der Waals surface area contributed by atoms with E-state index in [0.717, 1.165) is 6.42 Å². The third-order valence-electron chi connectivity index (χ3n) is 4.86. The van der Waals surface area contributed by atoms with Crippen LogP contribution in [0.2, 0.25) is 0 Å². The van der Waals surface area contributed by atoms with Crippen molar-refractivity contribution in [2.45, 2.75) is 38.6 Å². The van der Waals surface area contributed by atoms with E-state index in [4.69, 9.17) is 9.47 Å². The molecule has 0 aromatic heterocycles. The second-order valence-electron chi connectivity index (χ2n) is 7.28. The highest BCUT2D eigenvalue weighted by Crippen LogP contribution is 2.44. The summed E-state index contributed by atoms with van der Waals surface area (Å²) in [6.07, 6.45) is 0.360. The Bertz CT molecular complexity index is 724. The van der Waals surface area contributed by atoms with Crippen molar-refractivity contribution in [2.24, 2.45) is 0 Å². The van der Waals surface area contributed by atoms with Gasteiger partial charge in [-0.25, -0.2) is 4.79 Å². The summed E-state index contributed by atoms with van der Waals surface area (Å²) < 4.78 is 11.0. The predicted molar refractivity (Wildman–Crippen MR) is 103 cm³/mol. The van der Waals surface area contributed by atoms with Crippen LogP contribution in [0.15, 0.2) is 48.5 Å². The van der Waals surface area contributed by atoms with Crippen LogP contribution >= 0.6 is 0 Å². The lowest BCUT2D eigenvalue weighted by atomic mass is 9.98. The number of nitrogens with one attached hydrogen (secondary N) is 1. The fourth-order valence-corrected chi connectivity index (χ4v) is 3.44. The van der Waals surface area contributed by atoms with E-state index in [2.05, 4.69) is 29.6 Å². The molecule has 0 spiro atoms. The van der Waals surface area contributed by atoms with Crippen molar-refractivity contribution < 1.29 is 14.3 Å². The summed E-state index contributed by atoms with van der Waals surface area (Å²) in [6, 6.07) is 16.7. The lowest BCUT2D eigenvalue weighted by Gasteiger charge is -2.26. The van der Waals surface area contributed by atoms with Gasteiger partial charge in [-0.15, -0.1) is 0 Å². The monoisotopic (exact) mass is 353 g/mol. The average Bonchev–Trinajstić information content (AvgIpc) is 2.94. The van der Waals surface area contributed by atoms with E-state index < -0.39 is 0 Å². The van der Waals surface area contributed by atoms with Gasteiger partial charge in [0.25, 0.3) is 0 Å². The third-order valence-corrected chi connectivity index (χ3v) is 4.86. The first-order valence-electron chi connectivity index (χ1n) is 9.23. The van der Waals surface area contributed by atoms with Crippen LogP contribution in [0.1, 0.15) is 44.2 Å². The molecule has 0 saturated heterocycles. The number of rotatable bonds is 7. The summed E-state index contributed by atoms with van der Waals surface area (Å²) in [7, 11) is 0. The molecular weight excluding hydrogens is 326 g/mol. The zero-order valence-electron chi connectivity index (χ0n) is 15.7. The van der Waals surface area contributed by atoms with Crippen molar-refractivity contribution in [1.82, 2.24) is 5.32 Å². The summed E-state index contributed by atoms with van der Waals surface area (Å²) in [4.78, 5) is 12.3. The number of benzene rings is 2. The highest BCUT2D eigenvalue weighted by molar-refractivity contribution is 5.79. The van der Waals surface area contributed by atoms with E-state index in [-0.39, 0.29) is 17.6 Å². The second-order valence-corrected chi connectivity index (χ2v) is 7.28. The summed E-state index contributed by atoms with van der Waals surface area (Å²) in [5.41, 5.74) is 4.54. The van der Waals surface area contributed by atoms with Gasteiger partial charge >= 0.3 is 6.09 Å². The smallest absolute Gasteiger partial charge is 0.407 e. The van der Waals surface area contributed by atoms with Gasteiger partial charge in [0.15, 0.2) is 0 Å². The zero-order valence-corrected chi connectivity index (χ0v) is 15.7. The minimum absolute atomic E-state index is 0.0830. The molecule has 0 saturated carbocycles. The molecule has 26 heavy (non-hydrogen) atoms. The van der Waals surface area contributed by atoms with Gasteiger partial charge in [-0.05, 0) is 49.4 Å². The van der Waals surface area contributed by atoms with E-state index in [1.54, 1.807) is 0 Å². The molecule has 1 N–H and O–H groups in total. The molecular formula is C22H27NO3. The summed E-state index contributed by atoms with van der Waals surface area (Å²) in [5, 5.41) is 2.95. The van der Waals surface area contributed by atoms with Crippen molar-refractivity contribution >= 4 is 6.09 Å². The van der Waals surface area contributed by atoms with Gasteiger partial charge in [0.2, 0.25) is 0 Å². The first-order valence-corrected chi connectivity index (χ1v) is 9.23. The normalized spacial score (nSPS) is 13.2. The fourth-order valence-electron chi connectivity index (χ4n) is 3.44. The first-order chi connectivity index (χ1) is 12.5. The van der Waals surface area contributed by atoms with Crippen molar-refractivity contribution in [2.75, 3.05) is 19.8 Å². The van der Waals surface area contributed by atoms with E-state index >= 15 is 0 Å². The number of hydrogen-bond donors (Lipinski definition) is 1. The van der Waals surface area contributed by atoms with Gasteiger partial charge in [0, 0.05) is 24.7 Å². The predicted octanol–water partition coefficient (Wildman–Crippen LogP) is 4.73. The van der Waals surface area contributed by atoms with E-state index in [1.807, 2.05) is 45.0 Å². The van der Waals surface area contributed by atoms with Gasteiger partial charge in [-0.1, -0.05) is 48.5 Å². The first kappa shape index (κ1) is 18.5. The van der Waals surface area contributed by atoms with Crippen molar-refractivity contribution in [3.05, 3.63) is 59.7 Å². The molecule has 0 atom stereocenters. The highest BCUT2D eigenvalue weighted by atomic mass is 16.5. The minimum atomic E-state index is -0.381. The Morgan fingerprint density at radius 3 is 2.19 bits per heavy atom. The van der Waals surface area contributed by atoms with Crippen LogP contribution in [0.3, 0.4) is 0 Å². The highest BCUT2D eigenvalue weighted by Gasteiger charge is 2.29. The molecule has 2 aromatic carbocycles. The van der Waals surface area contributed by atoms with Crippen LogP contribution in [0, 0.1) is 0 Å². The molecule has 0 fully saturated rings. The van der Waals surface area contributed by atoms with Crippen LogP contribution in [0.5, 0.6) is 0 Å². The summed E-state index contributed by atoms with van der Waals surface area (Å²) >= 11 is 0. The number of fused-ring (bicyclic) bond motifs is 3. The molecule has 1 aliphatic carbocycles. The molecule has 4 nitrogen and oxygen atoms in total. The van der Waals surface area contributed by atoms with Gasteiger partial charge in [0.05, 0.1) is 0 Å². The molecule has 1 aliphatic rings. The number of amides is 1. The molecule has 0 unspecified atom stereocenters.